The van der Waals surface area contributed by atoms with E-state index in [2.05, 4.69) is 27.2 Å². The summed E-state index contributed by atoms with van der Waals surface area (Å²) in [5.74, 6) is 1.33. The molecule has 1 saturated heterocycles. The lowest BCUT2D eigenvalue weighted by Gasteiger charge is -2.43. The fourth-order valence-corrected chi connectivity index (χ4v) is 4.90. The first-order valence-electron chi connectivity index (χ1n) is 12.3. The predicted octanol–water partition coefficient (Wildman–Crippen LogP) is 4.21. The Morgan fingerprint density at radius 3 is 2.70 bits per heavy atom. The SMILES string of the molecule is CN1CCN(C(=O)Nc2cccc3ccccc23)CC1N(C)c1nccc(-n2cnc3ccccc32)n1. The largest absolute Gasteiger partial charge is 0.326 e. The lowest BCUT2D eigenvalue weighted by molar-refractivity contribution is 0.115. The van der Waals surface area contributed by atoms with Gasteiger partial charge in [0.05, 0.1) is 23.3 Å². The average Bonchev–Trinajstić information content (AvgIpc) is 3.37. The summed E-state index contributed by atoms with van der Waals surface area (Å²) in [6.45, 7) is 1.90. The van der Waals surface area contributed by atoms with Gasteiger partial charge in [-0.1, -0.05) is 48.5 Å². The van der Waals surface area contributed by atoms with E-state index in [4.69, 9.17) is 4.98 Å². The van der Waals surface area contributed by atoms with Gasteiger partial charge in [0, 0.05) is 31.7 Å². The zero-order valence-electron chi connectivity index (χ0n) is 20.8. The van der Waals surface area contributed by atoms with E-state index in [0.29, 0.717) is 19.0 Å². The minimum absolute atomic E-state index is 0.0817. The number of carbonyl (C=O) groups is 1. The van der Waals surface area contributed by atoms with Gasteiger partial charge < -0.3 is 15.1 Å². The average molecular weight is 493 g/mol. The summed E-state index contributed by atoms with van der Waals surface area (Å²) in [6.07, 6.45) is 3.46. The summed E-state index contributed by atoms with van der Waals surface area (Å²) in [6, 6.07) is 23.8. The number of urea groups is 1. The Labute approximate surface area is 215 Å². The Kier molecular flexibility index (Phi) is 5.90. The number of carbonyl (C=O) groups excluding carboxylic acids is 1. The van der Waals surface area contributed by atoms with Crippen LogP contribution in [-0.4, -0.2) is 75.2 Å². The van der Waals surface area contributed by atoms with Gasteiger partial charge in [0.15, 0.2) is 0 Å². The minimum Gasteiger partial charge on any atom is -0.326 e. The van der Waals surface area contributed by atoms with Crippen molar-refractivity contribution in [1.82, 2.24) is 29.3 Å². The van der Waals surface area contributed by atoms with Crippen molar-refractivity contribution < 1.29 is 4.79 Å². The number of nitrogens with one attached hydrogen (secondary N) is 1. The van der Waals surface area contributed by atoms with Crippen LogP contribution >= 0.6 is 0 Å². The third kappa shape index (κ3) is 4.34. The van der Waals surface area contributed by atoms with Crippen molar-refractivity contribution in [1.29, 1.82) is 0 Å². The van der Waals surface area contributed by atoms with Gasteiger partial charge in [-0.25, -0.2) is 14.8 Å². The summed E-state index contributed by atoms with van der Waals surface area (Å²) in [5.41, 5.74) is 2.72. The summed E-state index contributed by atoms with van der Waals surface area (Å²) >= 11 is 0. The number of aromatic nitrogens is 4. The standard InChI is InChI=1S/C28H28N8O/c1-33-16-17-35(28(37)31-22-12-7-9-20-8-3-4-10-21(20)22)18-26(33)34(2)27-29-15-14-25(32-27)36-19-30-23-11-5-6-13-24(23)36/h3-15,19,26H,16-18H2,1-2H3,(H,31,37). The molecule has 1 aliphatic rings. The van der Waals surface area contributed by atoms with Crippen LogP contribution in [0.1, 0.15) is 0 Å². The highest BCUT2D eigenvalue weighted by Gasteiger charge is 2.31. The number of benzene rings is 3. The van der Waals surface area contributed by atoms with Crippen LogP contribution < -0.4 is 10.2 Å². The van der Waals surface area contributed by atoms with Crippen molar-refractivity contribution in [3.05, 3.63) is 85.3 Å². The molecule has 3 heterocycles. The molecule has 0 aliphatic carbocycles. The molecule has 9 nitrogen and oxygen atoms in total. The van der Waals surface area contributed by atoms with Crippen LogP contribution in [0, 0.1) is 0 Å². The van der Waals surface area contributed by atoms with Gasteiger partial charge in [-0.15, -0.1) is 0 Å². The molecule has 1 N–H and O–H groups in total. The molecule has 1 atom stereocenters. The number of imidazole rings is 1. The monoisotopic (exact) mass is 492 g/mol. The first-order chi connectivity index (χ1) is 18.1. The van der Waals surface area contributed by atoms with Crippen LogP contribution in [0.5, 0.6) is 0 Å². The maximum Gasteiger partial charge on any atom is 0.322 e. The summed E-state index contributed by atoms with van der Waals surface area (Å²) < 4.78 is 1.96. The number of nitrogens with zero attached hydrogens (tertiary/aromatic N) is 7. The fourth-order valence-electron chi connectivity index (χ4n) is 4.90. The first-order valence-corrected chi connectivity index (χ1v) is 12.3. The molecule has 5 aromatic rings. The van der Waals surface area contributed by atoms with Gasteiger partial charge in [0.1, 0.15) is 18.3 Å². The maximum absolute atomic E-state index is 13.3. The second-order valence-corrected chi connectivity index (χ2v) is 9.29. The van der Waals surface area contributed by atoms with E-state index in [1.807, 2.05) is 94.2 Å². The van der Waals surface area contributed by atoms with Crippen molar-refractivity contribution in [2.24, 2.45) is 0 Å². The van der Waals surface area contributed by atoms with E-state index in [9.17, 15) is 4.79 Å². The Bertz CT molecular complexity index is 1580. The molecule has 0 bridgehead atoms. The number of hydrogen-bond donors (Lipinski definition) is 1. The second-order valence-electron chi connectivity index (χ2n) is 9.29. The molecule has 2 amide bonds. The number of fused-ring (bicyclic) bond motifs is 2. The minimum atomic E-state index is -0.109. The highest BCUT2D eigenvalue weighted by molar-refractivity contribution is 6.01. The molecule has 1 unspecified atom stereocenters. The Hall–Kier alpha value is -4.50. The number of hydrogen-bond acceptors (Lipinski definition) is 6. The number of piperazine rings is 1. The van der Waals surface area contributed by atoms with Crippen LogP contribution in [0.25, 0.3) is 27.6 Å². The Balaban J connectivity index is 1.22. The highest BCUT2D eigenvalue weighted by Crippen LogP contribution is 2.24. The quantitative estimate of drug-likeness (QED) is 0.405. The molecule has 6 rings (SSSR count). The number of amides is 2. The summed E-state index contributed by atoms with van der Waals surface area (Å²) in [7, 11) is 4.03. The zero-order chi connectivity index (χ0) is 25.4. The van der Waals surface area contributed by atoms with Crippen molar-refractivity contribution in [2.45, 2.75) is 6.17 Å². The highest BCUT2D eigenvalue weighted by atomic mass is 16.2. The molecular formula is C28H28N8O. The van der Waals surface area contributed by atoms with Crippen LogP contribution in [-0.2, 0) is 0 Å². The van der Waals surface area contributed by atoms with Crippen LogP contribution in [0.15, 0.2) is 85.3 Å². The van der Waals surface area contributed by atoms with Gasteiger partial charge in [-0.3, -0.25) is 9.47 Å². The van der Waals surface area contributed by atoms with E-state index in [1.54, 1.807) is 12.5 Å². The molecular weight excluding hydrogens is 464 g/mol. The van der Waals surface area contributed by atoms with E-state index in [1.165, 1.54) is 0 Å². The molecule has 0 saturated carbocycles. The molecule has 3 aromatic carbocycles. The Morgan fingerprint density at radius 1 is 0.973 bits per heavy atom. The molecule has 1 aliphatic heterocycles. The van der Waals surface area contributed by atoms with Gasteiger partial charge >= 0.3 is 6.03 Å². The molecule has 0 radical (unpaired) electrons. The predicted molar refractivity (Wildman–Crippen MR) is 146 cm³/mol. The first kappa shape index (κ1) is 22.9. The lowest BCUT2D eigenvalue weighted by Crippen LogP contribution is -2.60. The van der Waals surface area contributed by atoms with Gasteiger partial charge in [0.2, 0.25) is 5.95 Å². The zero-order valence-corrected chi connectivity index (χ0v) is 20.8. The van der Waals surface area contributed by atoms with Crippen LogP contribution in [0.4, 0.5) is 16.4 Å². The normalized spacial score (nSPS) is 16.3. The third-order valence-electron chi connectivity index (χ3n) is 7.02. The molecule has 1 fully saturated rings. The van der Waals surface area contributed by atoms with Gasteiger partial charge in [-0.2, -0.15) is 4.98 Å². The smallest absolute Gasteiger partial charge is 0.322 e. The summed E-state index contributed by atoms with van der Waals surface area (Å²) in [5, 5.41) is 5.24. The van der Waals surface area contributed by atoms with Gasteiger partial charge in [0.25, 0.3) is 0 Å². The van der Waals surface area contributed by atoms with Crippen molar-refractivity contribution >= 4 is 39.5 Å². The number of rotatable bonds is 4. The Morgan fingerprint density at radius 2 is 1.78 bits per heavy atom. The lowest BCUT2D eigenvalue weighted by atomic mass is 10.1. The van der Waals surface area contributed by atoms with Crippen LogP contribution in [0.3, 0.4) is 0 Å². The number of likely N-dealkylation sites (N-methyl/N-ethyl adjacent to an activating group) is 2. The van der Waals surface area contributed by atoms with Crippen molar-refractivity contribution in [3.63, 3.8) is 0 Å². The molecule has 9 heteroatoms. The second kappa shape index (κ2) is 9.51. The molecule has 37 heavy (non-hydrogen) atoms. The summed E-state index contributed by atoms with van der Waals surface area (Å²) in [4.78, 5) is 33.3. The van der Waals surface area contributed by atoms with E-state index >= 15 is 0 Å². The fraction of sp³-hybridized carbons (Fsp3) is 0.214. The number of anilines is 2. The molecule has 0 spiro atoms. The van der Waals surface area contributed by atoms with Crippen molar-refractivity contribution in [2.75, 3.05) is 43.9 Å². The van der Waals surface area contributed by atoms with Crippen molar-refractivity contribution in [3.8, 4) is 5.82 Å². The van der Waals surface area contributed by atoms with E-state index < -0.39 is 0 Å². The maximum atomic E-state index is 13.3. The third-order valence-corrected chi connectivity index (χ3v) is 7.02. The van der Waals surface area contributed by atoms with Gasteiger partial charge in [-0.05, 0) is 36.7 Å². The molecule has 2 aromatic heterocycles. The molecule has 186 valence electrons. The van der Waals surface area contributed by atoms with E-state index in [-0.39, 0.29) is 12.2 Å². The van der Waals surface area contributed by atoms with Crippen LogP contribution in [0.2, 0.25) is 0 Å². The number of para-hydroxylation sites is 2. The van der Waals surface area contributed by atoms with E-state index in [0.717, 1.165) is 39.9 Å². The topological polar surface area (TPSA) is 82.4 Å².